The molecule has 3 rings (SSSR count). The van der Waals surface area contributed by atoms with Gasteiger partial charge in [0.2, 0.25) is 0 Å². The van der Waals surface area contributed by atoms with Gasteiger partial charge in [0.1, 0.15) is 0 Å². The van der Waals surface area contributed by atoms with Gasteiger partial charge in [-0.3, -0.25) is 0 Å². The van der Waals surface area contributed by atoms with E-state index in [1.807, 2.05) is 12.1 Å². The highest BCUT2D eigenvalue weighted by Crippen LogP contribution is 2.40. The van der Waals surface area contributed by atoms with Crippen molar-refractivity contribution >= 4 is 11.6 Å². The highest BCUT2D eigenvalue weighted by molar-refractivity contribution is 6.31. The average Bonchev–Trinajstić information content (AvgIpc) is 2.44. The van der Waals surface area contributed by atoms with Crippen molar-refractivity contribution in [2.45, 2.75) is 37.8 Å². The lowest BCUT2D eigenvalue weighted by molar-refractivity contribution is 0.271. The summed E-state index contributed by atoms with van der Waals surface area (Å²) >= 11 is 6.26. The molecular formula is C18H20ClN. The molecule has 1 N–H and O–H groups in total. The molecule has 1 fully saturated rings. The first-order valence-electron chi connectivity index (χ1n) is 7.29. The minimum atomic E-state index is 0.411. The maximum Gasteiger partial charge on any atom is 0.0440 e. The van der Waals surface area contributed by atoms with Gasteiger partial charge in [0.25, 0.3) is 0 Å². The largest absolute Gasteiger partial charge is 0.307 e. The first kappa shape index (κ1) is 13.7. The van der Waals surface area contributed by atoms with Gasteiger partial charge in [-0.15, -0.1) is 0 Å². The summed E-state index contributed by atoms with van der Waals surface area (Å²) in [6.45, 7) is 2.23. The zero-order valence-electron chi connectivity index (χ0n) is 11.7. The molecule has 0 saturated heterocycles. The summed E-state index contributed by atoms with van der Waals surface area (Å²) in [5.41, 5.74) is 2.66. The van der Waals surface area contributed by atoms with Crippen LogP contribution in [0.1, 0.15) is 42.9 Å². The van der Waals surface area contributed by atoms with Crippen LogP contribution in [0.5, 0.6) is 0 Å². The van der Waals surface area contributed by atoms with E-state index in [4.69, 9.17) is 11.6 Å². The minimum Gasteiger partial charge on any atom is -0.307 e. The first-order chi connectivity index (χ1) is 9.74. The highest BCUT2D eigenvalue weighted by atomic mass is 35.5. The molecule has 1 aliphatic rings. The molecule has 0 aliphatic heterocycles. The Morgan fingerprint density at radius 3 is 2.35 bits per heavy atom. The number of hydrogen-bond donors (Lipinski definition) is 1. The van der Waals surface area contributed by atoms with Gasteiger partial charge < -0.3 is 5.32 Å². The molecule has 2 aromatic carbocycles. The zero-order chi connectivity index (χ0) is 13.9. The highest BCUT2D eigenvalue weighted by Gasteiger charge is 2.32. The van der Waals surface area contributed by atoms with Crippen LogP contribution in [0.4, 0.5) is 0 Å². The zero-order valence-corrected chi connectivity index (χ0v) is 12.5. The van der Waals surface area contributed by atoms with E-state index in [1.165, 1.54) is 24.0 Å². The van der Waals surface area contributed by atoms with Gasteiger partial charge in [0.05, 0.1) is 0 Å². The smallest absolute Gasteiger partial charge is 0.0440 e. The van der Waals surface area contributed by atoms with Crippen molar-refractivity contribution in [3.8, 4) is 0 Å². The molecule has 0 heterocycles. The second kappa shape index (κ2) is 5.99. The summed E-state index contributed by atoms with van der Waals surface area (Å²) in [5.74, 6) is 0.615. The van der Waals surface area contributed by atoms with Crippen molar-refractivity contribution in [2.24, 2.45) is 0 Å². The van der Waals surface area contributed by atoms with Crippen molar-refractivity contribution in [3.05, 3.63) is 70.7 Å². The van der Waals surface area contributed by atoms with Crippen LogP contribution in [0.2, 0.25) is 5.02 Å². The van der Waals surface area contributed by atoms with Crippen LogP contribution in [0.15, 0.2) is 54.6 Å². The number of benzene rings is 2. The molecule has 2 heteroatoms. The molecule has 1 aliphatic carbocycles. The Hall–Kier alpha value is -1.31. The summed E-state index contributed by atoms with van der Waals surface area (Å²) in [5, 5.41) is 4.62. The molecular weight excluding hydrogens is 266 g/mol. The predicted molar refractivity (Wildman–Crippen MR) is 85.2 cm³/mol. The van der Waals surface area contributed by atoms with Gasteiger partial charge in [0.15, 0.2) is 0 Å². The fourth-order valence-corrected chi connectivity index (χ4v) is 3.30. The molecule has 0 spiro atoms. The SMILES string of the molecule is C[C@@H](NC1CC(c2ccccc2Cl)C1)c1ccccc1. The molecule has 1 saturated carbocycles. The summed E-state index contributed by atoms with van der Waals surface area (Å²) in [6.07, 6.45) is 2.36. The molecule has 0 amide bonds. The summed E-state index contributed by atoms with van der Waals surface area (Å²) in [4.78, 5) is 0. The Bertz CT molecular complexity index is 561. The van der Waals surface area contributed by atoms with Crippen LogP contribution in [-0.4, -0.2) is 6.04 Å². The quantitative estimate of drug-likeness (QED) is 0.839. The Morgan fingerprint density at radius 1 is 1.00 bits per heavy atom. The Kier molecular flexibility index (Phi) is 4.09. The van der Waals surface area contributed by atoms with Crippen molar-refractivity contribution in [1.82, 2.24) is 5.32 Å². The van der Waals surface area contributed by atoms with Crippen molar-refractivity contribution in [3.63, 3.8) is 0 Å². The van der Waals surface area contributed by atoms with E-state index in [-0.39, 0.29) is 0 Å². The summed E-state index contributed by atoms with van der Waals surface area (Å²) < 4.78 is 0. The number of hydrogen-bond acceptors (Lipinski definition) is 1. The van der Waals surface area contributed by atoms with Crippen LogP contribution in [-0.2, 0) is 0 Å². The van der Waals surface area contributed by atoms with Gasteiger partial charge in [-0.05, 0) is 42.9 Å². The monoisotopic (exact) mass is 285 g/mol. The normalized spacial score (nSPS) is 23.1. The van der Waals surface area contributed by atoms with Gasteiger partial charge in [-0.25, -0.2) is 0 Å². The molecule has 104 valence electrons. The lowest BCUT2D eigenvalue weighted by atomic mass is 9.75. The predicted octanol–water partition coefficient (Wildman–Crippen LogP) is 4.94. The number of nitrogens with one attached hydrogen (secondary N) is 1. The van der Waals surface area contributed by atoms with E-state index in [2.05, 4.69) is 54.7 Å². The lowest BCUT2D eigenvalue weighted by Crippen LogP contribution is -2.41. The van der Waals surface area contributed by atoms with Gasteiger partial charge in [-0.1, -0.05) is 60.1 Å². The van der Waals surface area contributed by atoms with Gasteiger partial charge in [0, 0.05) is 17.1 Å². The van der Waals surface area contributed by atoms with Crippen molar-refractivity contribution in [1.29, 1.82) is 0 Å². The third kappa shape index (κ3) is 2.89. The second-order valence-corrected chi connectivity index (χ2v) is 6.09. The topological polar surface area (TPSA) is 12.0 Å². The third-order valence-electron chi connectivity index (χ3n) is 4.27. The van der Waals surface area contributed by atoms with Crippen LogP contribution >= 0.6 is 11.6 Å². The molecule has 1 atom stereocenters. The molecule has 2 aromatic rings. The molecule has 20 heavy (non-hydrogen) atoms. The van der Waals surface area contributed by atoms with E-state index in [0.717, 1.165) is 5.02 Å². The Labute approximate surface area is 126 Å². The molecule has 0 radical (unpaired) electrons. The van der Waals surface area contributed by atoms with Crippen LogP contribution < -0.4 is 5.32 Å². The average molecular weight is 286 g/mol. The molecule has 1 nitrogen and oxygen atoms in total. The maximum absolute atomic E-state index is 6.26. The minimum absolute atomic E-state index is 0.411. The van der Waals surface area contributed by atoms with Gasteiger partial charge in [-0.2, -0.15) is 0 Å². The van der Waals surface area contributed by atoms with E-state index in [0.29, 0.717) is 18.0 Å². The fraction of sp³-hybridized carbons (Fsp3) is 0.333. The third-order valence-corrected chi connectivity index (χ3v) is 4.61. The second-order valence-electron chi connectivity index (χ2n) is 5.69. The summed E-state index contributed by atoms with van der Waals surface area (Å²) in [7, 11) is 0. The maximum atomic E-state index is 6.26. The summed E-state index contributed by atoms with van der Waals surface area (Å²) in [6, 6.07) is 19.9. The van der Waals surface area contributed by atoms with Crippen molar-refractivity contribution in [2.75, 3.05) is 0 Å². The molecule has 0 unspecified atom stereocenters. The van der Waals surface area contributed by atoms with E-state index >= 15 is 0 Å². The fourth-order valence-electron chi connectivity index (χ4n) is 3.01. The van der Waals surface area contributed by atoms with E-state index < -0.39 is 0 Å². The lowest BCUT2D eigenvalue weighted by Gasteiger charge is -2.38. The Morgan fingerprint density at radius 2 is 1.65 bits per heavy atom. The van der Waals surface area contributed by atoms with E-state index in [1.54, 1.807) is 0 Å². The standard InChI is InChI=1S/C18H20ClN/c1-13(14-7-3-2-4-8-14)20-16-11-15(12-16)17-9-5-6-10-18(17)19/h2-10,13,15-16,20H,11-12H2,1H3/t13-,15?,16?/m1/s1. The van der Waals surface area contributed by atoms with Crippen LogP contribution in [0.3, 0.4) is 0 Å². The van der Waals surface area contributed by atoms with Gasteiger partial charge >= 0.3 is 0 Å². The molecule has 0 bridgehead atoms. The molecule has 0 aromatic heterocycles. The number of halogens is 1. The van der Waals surface area contributed by atoms with E-state index in [9.17, 15) is 0 Å². The van der Waals surface area contributed by atoms with Crippen molar-refractivity contribution < 1.29 is 0 Å². The van der Waals surface area contributed by atoms with Crippen LogP contribution in [0.25, 0.3) is 0 Å². The van der Waals surface area contributed by atoms with Crippen LogP contribution in [0, 0.1) is 0 Å². The number of rotatable bonds is 4. The Balaban J connectivity index is 1.55. The first-order valence-corrected chi connectivity index (χ1v) is 7.67.